The van der Waals surface area contributed by atoms with Crippen LogP contribution in [0.3, 0.4) is 0 Å². The second-order valence-electron chi connectivity index (χ2n) is 8.43. The highest BCUT2D eigenvalue weighted by atomic mass is 16.5. The lowest BCUT2D eigenvalue weighted by molar-refractivity contribution is -0.143. The Kier molecular flexibility index (Phi) is 4.87. The van der Waals surface area contributed by atoms with E-state index in [9.17, 15) is 14.4 Å². The van der Waals surface area contributed by atoms with E-state index < -0.39 is 17.4 Å². The Labute approximate surface area is 180 Å². The third kappa shape index (κ3) is 2.91. The molecule has 31 heavy (non-hydrogen) atoms. The average molecular weight is 419 g/mol. The van der Waals surface area contributed by atoms with Crippen molar-refractivity contribution in [1.29, 1.82) is 0 Å². The van der Waals surface area contributed by atoms with Crippen molar-refractivity contribution < 1.29 is 19.1 Å². The number of imide groups is 1. The SMILES string of the molecule is COCCCN1C(=O)[C@@H]2C(Cc3ccccc3)NC3(C(=O)Nc4ccccc43)[C@@H]2C1=O. The summed E-state index contributed by atoms with van der Waals surface area (Å²) in [7, 11) is 1.59. The van der Waals surface area contributed by atoms with Gasteiger partial charge in [0.1, 0.15) is 5.54 Å². The topological polar surface area (TPSA) is 87.7 Å². The number of carbonyl (C=O) groups is 3. The first-order chi connectivity index (χ1) is 15.1. The molecule has 3 aliphatic rings. The Hall–Kier alpha value is -3.03. The second kappa shape index (κ2) is 7.59. The number of amides is 3. The Morgan fingerprint density at radius 1 is 1.00 bits per heavy atom. The molecule has 2 unspecified atom stereocenters. The number of ether oxygens (including phenoxy) is 1. The van der Waals surface area contributed by atoms with Gasteiger partial charge in [-0.1, -0.05) is 48.5 Å². The van der Waals surface area contributed by atoms with Crippen LogP contribution < -0.4 is 10.6 Å². The molecular formula is C24H25N3O4. The predicted molar refractivity (Wildman–Crippen MR) is 114 cm³/mol. The van der Waals surface area contributed by atoms with Crippen LogP contribution in [0.25, 0.3) is 0 Å². The van der Waals surface area contributed by atoms with Crippen molar-refractivity contribution in [3.63, 3.8) is 0 Å². The quantitative estimate of drug-likeness (QED) is 0.550. The van der Waals surface area contributed by atoms with Gasteiger partial charge in [0.05, 0.1) is 11.8 Å². The molecule has 0 aliphatic carbocycles. The van der Waals surface area contributed by atoms with Gasteiger partial charge in [-0.25, -0.2) is 0 Å². The summed E-state index contributed by atoms with van der Waals surface area (Å²) in [5.41, 5.74) is 1.26. The Balaban J connectivity index is 1.57. The number of likely N-dealkylation sites (tertiary alicyclic amines) is 1. The number of benzene rings is 2. The summed E-state index contributed by atoms with van der Waals surface area (Å²) in [5, 5.41) is 6.39. The van der Waals surface area contributed by atoms with Gasteiger partial charge in [0.15, 0.2) is 0 Å². The van der Waals surface area contributed by atoms with E-state index in [1.165, 1.54) is 4.90 Å². The maximum absolute atomic E-state index is 13.6. The molecule has 2 fully saturated rings. The van der Waals surface area contributed by atoms with Crippen molar-refractivity contribution >= 4 is 23.4 Å². The summed E-state index contributed by atoms with van der Waals surface area (Å²) >= 11 is 0. The number of nitrogens with one attached hydrogen (secondary N) is 2. The number of para-hydroxylation sites is 1. The smallest absolute Gasteiger partial charge is 0.250 e. The van der Waals surface area contributed by atoms with Crippen LogP contribution in [0.5, 0.6) is 0 Å². The number of fused-ring (bicyclic) bond motifs is 4. The van der Waals surface area contributed by atoms with Gasteiger partial charge in [0, 0.05) is 37.6 Å². The van der Waals surface area contributed by atoms with Gasteiger partial charge in [-0.2, -0.15) is 0 Å². The summed E-state index contributed by atoms with van der Waals surface area (Å²) in [6, 6.07) is 16.9. The number of anilines is 1. The maximum Gasteiger partial charge on any atom is 0.250 e. The van der Waals surface area contributed by atoms with Gasteiger partial charge in [0.25, 0.3) is 0 Å². The van der Waals surface area contributed by atoms with Crippen molar-refractivity contribution in [3.05, 3.63) is 65.7 Å². The molecule has 3 heterocycles. The number of rotatable bonds is 6. The van der Waals surface area contributed by atoms with Crippen molar-refractivity contribution in [3.8, 4) is 0 Å². The zero-order valence-corrected chi connectivity index (χ0v) is 17.3. The van der Waals surface area contributed by atoms with E-state index in [0.29, 0.717) is 31.7 Å². The fourth-order valence-electron chi connectivity index (χ4n) is 5.45. The fraction of sp³-hybridized carbons (Fsp3) is 0.375. The summed E-state index contributed by atoms with van der Waals surface area (Å²) in [6.07, 6.45) is 1.13. The van der Waals surface area contributed by atoms with Crippen LogP contribution in [-0.2, 0) is 31.1 Å². The molecule has 4 atom stereocenters. The molecule has 3 amide bonds. The molecule has 5 rings (SSSR count). The lowest BCUT2D eigenvalue weighted by Gasteiger charge is -2.29. The zero-order valence-electron chi connectivity index (χ0n) is 17.3. The van der Waals surface area contributed by atoms with E-state index in [0.717, 1.165) is 11.1 Å². The Bertz CT molecular complexity index is 1040. The van der Waals surface area contributed by atoms with Gasteiger partial charge in [0.2, 0.25) is 17.7 Å². The number of hydrogen-bond acceptors (Lipinski definition) is 5. The van der Waals surface area contributed by atoms with Crippen LogP contribution >= 0.6 is 0 Å². The number of hydrogen-bond donors (Lipinski definition) is 2. The molecule has 7 heteroatoms. The second-order valence-corrected chi connectivity index (χ2v) is 8.43. The highest BCUT2D eigenvalue weighted by molar-refractivity contribution is 6.15. The molecule has 160 valence electrons. The lowest BCUT2D eigenvalue weighted by Crippen LogP contribution is -2.53. The maximum atomic E-state index is 13.6. The zero-order chi connectivity index (χ0) is 21.6. The number of carbonyl (C=O) groups excluding carboxylic acids is 3. The summed E-state index contributed by atoms with van der Waals surface area (Å²) in [5.74, 6) is -2.10. The van der Waals surface area contributed by atoms with E-state index in [2.05, 4.69) is 10.6 Å². The van der Waals surface area contributed by atoms with Gasteiger partial charge in [-0.05, 0) is 24.5 Å². The molecule has 0 bridgehead atoms. The van der Waals surface area contributed by atoms with Crippen LogP contribution in [0.4, 0.5) is 5.69 Å². The van der Waals surface area contributed by atoms with Crippen LogP contribution in [0.15, 0.2) is 54.6 Å². The van der Waals surface area contributed by atoms with Crippen LogP contribution in [0, 0.1) is 11.8 Å². The minimum absolute atomic E-state index is 0.200. The standard InChI is InChI=1S/C24H25N3O4/c1-31-13-7-12-27-21(28)19-18(14-15-8-3-2-4-9-15)26-24(20(19)22(27)29)16-10-5-6-11-17(16)25-23(24)30/h2-6,8-11,18-20,26H,7,12-14H2,1H3,(H,25,30)/t18?,19-,20+,24?/m1/s1. The van der Waals surface area contributed by atoms with Crippen LogP contribution in [0.2, 0.25) is 0 Å². The minimum atomic E-state index is -1.23. The third-order valence-corrected chi connectivity index (χ3v) is 6.74. The highest BCUT2D eigenvalue weighted by Crippen LogP contribution is 2.53. The van der Waals surface area contributed by atoms with Gasteiger partial charge >= 0.3 is 0 Å². The van der Waals surface area contributed by atoms with Crippen LogP contribution in [-0.4, -0.2) is 48.9 Å². The van der Waals surface area contributed by atoms with Crippen LogP contribution in [0.1, 0.15) is 17.5 Å². The summed E-state index contributed by atoms with van der Waals surface area (Å²) in [4.78, 5) is 41.7. The molecule has 0 aromatic heterocycles. The van der Waals surface area contributed by atoms with E-state index in [4.69, 9.17) is 4.74 Å². The van der Waals surface area contributed by atoms with E-state index in [-0.39, 0.29) is 23.8 Å². The monoisotopic (exact) mass is 419 g/mol. The largest absolute Gasteiger partial charge is 0.385 e. The van der Waals surface area contributed by atoms with Crippen molar-refractivity contribution in [2.45, 2.75) is 24.4 Å². The average Bonchev–Trinajstić information content (AvgIpc) is 3.35. The first-order valence-electron chi connectivity index (χ1n) is 10.6. The van der Waals surface area contributed by atoms with Crippen molar-refractivity contribution in [1.82, 2.24) is 10.2 Å². The Morgan fingerprint density at radius 2 is 1.74 bits per heavy atom. The van der Waals surface area contributed by atoms with E-state index >= 15 is 0 Å². The fourth-order valence-corrected chi connectivity index (χ4v) is 5.45. The van der Waals surface area contributed by atoms with Crippen molar-refractivity contribution in [2.24, 2.45) is 11.8 Å². The van der Waals surface area contributed by atoms with Gasteiger partial charge in [-0.3, -0.25) is 24.6 Å². The molecule has 2 saturated heterocycles. The minimum Gasteiger partial charge on any atom is -0.385 e. The Morgan fingerprint density at radius 3 is 2.52 bits per heavy atom. The van der Waals surface area contributed by atoms with Gasteiger partial charge in [-0.15, -0.1) is 0 Å². The molecule has 2 aromatic rings. The van der Waals surface area contributed by atoms with Gasteiger partial charge < -0.3 is 10.1 Å². The number of nitrogens with zero attached hydrogens (tertiary/aromatic N) is 1. The highest BCUT2D eigenvalue weighted by Gasteiger charge is 2.70. The molecule has 2 aromatic carbocycles. The summed E-state index contributed by atoms with van der Waals surface area (Å²) < 4.78 is 5.10. The molecule has 0 saturated carbocycles. The molecule has 1 spiro atoms. The molecular weight excluding hydrogens is 394 g/mol. The predicted octanol–water partition coefficient (Wildman–Crippen LogP) is 1.69. The molecule has 2 N–H and O–H groups in total. The normalized spacial score (nSPS) is 28.9. The molecule has 3 aliphatic heterocycles. The molecule has 7 nitrogen and oxygen atoms in total. The first-order valence-corrected chi connectivity index (χ1v) is 10.6. The third-order valence-electron chi connectivity index (χ3n) is 6.74. The van der Waals surface area contributed by atoms with E-state index in [1.54, 1.807) is 7.11 Å². The molecule has 0 radical (unpaired) electrons. The van der Waals surface area contributed by atoms with E-state index in [1.807, 2.05) is 54.6 Å². The summed E-state index contributed by atoms with van der Waals surface area (Å²) in [6.45, 7) is 0.766. The first kappa shape index (κ1) is 19.9. The van der Waals surface area contributed by atoms with Crippen molar-refractivity contribution in [2.75, 3.05) is 25.6 Å². The number of methoxy groups -OCH3 is 1. The lowest BCUT2D eigenvalue weighted by atomic mass is 9.76.